The smallest absolute Gasteiger partial charge is 0.274 e. The molecule has 2 rings (SSSR count). The molecule has 0 aliphatic heterocycles. The van der Waals surface area contributed by atoms with E-state index in [-0.39, 0.29) is 17.9 Å². The maximum atomic E-state index is 12.6. The van der Waals surface area contributed by atoms with Crippen LogP contribution in [0.2, 0.25) is 0 Å². The van der Waals surface area contributed by atoms with Gasteiger partial charge in [-0.05, 0) is 32.1 Å². The molecular weight excluding hydrogens is 304 g/mol. The summed E-state index contributed by atoms with van der Waals surface area (Å²) < 4.78 is 1.50. The largest absolute Gasteiger partial charge is 0.348 e. The van der Waals surface area contributed by atoms with E-state index in [9.17, 15) is 9.59 Å². The van der Waals surface area contributed by atoms with E-state index in [0.717, 1.165) is 12.8 Å². The van der Waals surface area contributed by atoms with E-state index in [1.165, 1.54) is 11.1 Å². The average molecular weight is 334 g/mol. The van der Waals surface area contributed by atoms with Crippen molar-refractivity contribution in [2.45, 2.75) is 53.0 Å². The molecule has 3 atom stereocenters. The van der Waals surface area contributed by atoms with Gasteiger partial charge in [-0.15, -0.1) is 0 Å². The van der Waals surface area contributed by atoms with Crippen LogP contribution in [-0.4, -0.2) is 45.6 Å². The lowest BCUT2D eigenvalue weighted by molar-refractivity contribution is 0.0766. The van der Waals surface area contributed by atoms with Crippen LogP contribution in [0.5, 0.6) is 0 Å². The third-order valence-corrected chi connectivity index (χ3v) is 5.41. The Labute approximate surface area is 144 Å². The van der Waals surface area contributed by atoms with Crippen LogP contribution in [0.15, 0.2) is 6.07 Å². The molecule has 1 N–H and O–H groups in total. The van der Waals surface area contributed by atoms with Crippen molar-refractivity contribution in [3.05, 3.63) is 17.5 Å². The lowest BCUT2D eigenvalue weighted by Crippen LogP contribution is -2.44. The molecule has 6 nitrogen and oxygen atoms in total. The van der Waals surface area contributed by atoms with Gasteiger partial charge in [0.15, 0.2) is 5.69 Å². The second-order valence-electron chi connectivity index (χ2n) is 6.86. The summed E-state index contributed by atoms with van der Waals surface area (Å²) in [4.78, 5) is 26.7. The Morgan fingerprint density at radius 3 is 2.58 bits per heavy atom. The molecule has 1 aromatic rings. The van der Waals surface area contributed by atoms with E-state index < -0.39 is 0 Å². The summed E-state index contributed by atoms with van der Waals surface area (Å²) in [5.74, 6) is 0.812. The summed E-state index contributed by atoms with van der Waals surface area (Å²) in [7, 11) is 1.71. The minimum Gasteiger partial charge on any atom is -0.348 e. The Morgan fingerprint density at radius 1 is 1.29 bits per heavy atom. The number of hydrogen-bond acceptors (Lipinski definition) is 3. The Balaban J connectivity index is 2.11. The molecule has 0 saturated heterocycles. The summed E-state index contributed by atoms with van der Waals surface area (Å²) in [5, 5.41) is 7.38. The SMILES string of the molecule is CCN(CC)C(=O)c1cc(C(=O)NC2CCCC(C)C2C)n(C)n1. The van der Waals surface area contributed by atoms with Crippen LogP contribution in [-0.2, 0) is 7.05 Å². The predicted octanol–water partition coefficient (Wildman–Crippen LogP) is 2.46. The van der Waals surface area contributed by atoms with Crippen molar-refractivity contribution in [1.82, 2.24) is 20.0 Å². The summed E-state index contributed by atoms with van der Waals surface area (Å²) >= 11 is 0. The van der Waals surface area contributed by atoms with Gasteiger partial charge in [0, 0.05) is 32.2 Å². The fourth-order valence-corrected chi connectivity index (χ4v) is 3.49. The van der Waals surface area contributed by atoms with E-state index in [4.69, 9.17) is 0 Å². The van der Waals surface area contributed by atoms with E-state index in [1.54, 1.807) is 18.0 Å². The summed E-state index contributed by atoms with van der Waals surface area (Å²) in [6.45, 7) is 9.57. The summed E-state index contributed by atoms with van der Waals surface area (Å²) in [5.41, 5.74) is 0.771. The highest BCUT2D eigenvalue weighted by atomic mass is 16.2. The van der Waals surface area contributed by atoms with Crippen LogP contribution >= 0.6 is 0 Å². The number of rotatable bonds is 5. The van der Waals surface area contributed by atoms with Crippen molar-refractivity contribution in [2.75, 3.05) is 13.1 Å². The van der Waals surface area contributed by atoms with Crippen LogP contribution in [0.4, 0.5) is 0 Å². The van der Waals surface area contributed by atoms with Crippen molar-refractivity contribution >= 4 is 11.8 Å². The third kappa shape index (κ3) is 3.79. The average Bonchev–Trinajstić information content (AvgIpc) is 2.95. The molecule has 0 radical (unpaired) electrons. The van der Waals surface area contributed by atoms with Gasteiger partial charge in [-0.25, -0.2) is 0 Å². The minimum atomic E-state index is -0.144. The standard InChI is InChI=1S/C18H30N4O2/c1-6-22(7-2)18(24)15-11-16(21(5)20-15)17(23)19-14-10-8-9-12(3)13(14)4/h11-14H,6-10H2,1-5H3,(H,19,23). The lowest BCUT2D eigenvalue weighted by atomic mass is 9.78. The van der Waals surface area contributed by atoms with Gasteiger partial charge in [-0.2, -0.15) is 5.10 Å². The van der Waals surface area contributed by atoms with Crippen LogP contribution in [0.1, 0.15) is 67.9 Å². The highest BCUT2D eigenvalue weighted by molar-refractivity contribution is 5.98. The monoisotopic (exact) mass is 334 g/mol. The summed E-state index contributed by atoms with van der Waals surface area (Å²) in [6, 6.07) is 1.80. The Kier molecular flexibility index (Phi) is 6.02. The van der Waals surface area contributed by atoms with E-state index >= 15 is 0 Å². The van der Waals surface area contributed by atoms with Gasteiger partial charge in [-0.3, -0.25) is 14.3 Å². The molecule has 24 heavy (non-hydrogen) atoms. The molecule has 1 heterocycles. The maximum absolute atomic E-state index is 12.6. The number of aromatic nitrogens is 2. The number of aryl methyl sites for hydroxylation is 1. The molecule has 1 fully saturated rings. The van der Waals surface area contributed by atoms with Crippen LogP contribution < -0.4 is 5.32 Å². The van der Waals surface area contributed by atoms with Gasteiger partial charge in [0.2, 0.25) is 0 Å². The molecule has 3 unspecified atom stereocenters. The first-order valence-corrected chi connectivity index (χ1v) is 9.03. The fourth-order valence-electron chi connectivity index (χ4n) is 3.49. The molecule has 0 spiro atoms. The van der Waals surface area contributed by atoms with Crippen molar-refractivity contribution in [3.8, 4) is 0 Å². The molecule has 6 heteroatoms. The van der Waals surface area contributed by atoms with Gasteiger partial charge in [-0.1, -0.05) is 26.7 Å². The zero-order valence-electron chi connectivity index (χ0n) is 15.5. The van der Waals surface area contributed by atoms with Gasteiger partial charge in [0.25, 0.3) is 11.8 Å². The van der Waals surface area contributed by atoms with E-state index in [1.807, 2.05) is 13.8 Å². The Hall–Kier alpha value is -1.85. The first-order chi connectivity index (χ1) is 11.4. The van der Waals surface area contributed by atoms with Crippen LogP contribution in [0.3, 0.4) is 0 Å². The molecule has 1 saturated carbocycles. The van der Waals surface area contributed by atoms with Crippen LogP contribution in [0, 0.1) is 11.8 Å². The topological polar surface area (TPSA) is 67.2 Å². The minimum absolute atomic E-state index is 0.130. The normalized spacial score (nSPS) is 23.8. The van der Waals surface area contributed by atoms with E-state index in [0.29, 0.717) is 36.3 Å². The maximum Gasteiger partial charge on any atom is 0.274 e. The number of carbonyl (C=O) groups is 2. The quantitative estimate of drug-likeness (QED) is 0.899. The van der Waals surface area contributed by atoms with Gasteiger partial charge < -0.3 is 10.2 Å². The van der Waals surface area contributed by atoms with Crippen molar-refractivity contribution in [1.29, 1.82) is 0 Å². The molecular formula is C18H30N4O2. The molecule has 0 bridgehead atoms. The summed E-state index contributed by atoms with van der Waals surface area (Å²) in [6.07, 6.45) is 3.38. The highest BCUT2D eigenvalue weighted by Gasteiger charge is 2.29. The first-order valence-electron chi connectivity index (χ1n) is 9.03. The number of carbonyl (C=O) groups excluding carboxylic acids is 2. The molecule has 0 aromatic carbocycles. The number of amides is 2. The van der Waals surface area contributed by atoms with Crippen LogP contribution in [0.25, 0.3) is 0 Å². The first kappa shape index (κ1) is 18.5. The molecule has 1 aromatic heterocycles. The van der Waals surface area contributed by atoms with E-state index in [2.05, 4.69) is 24.3 Å². The van der Waals surface area contributed by atoms with Crippen molar-refractivity contribution < 1.29 is 9.59 Å². The lowest BCUT2D eigenvalue weighted by Gasteiger charge is -2.34. The van der Waals surface area contributed by atoms with Gasteiger partial charge in [0.05, 0.1) is 0 Å². The molecule has 2 amide bonds. The second kappa shape index (κ2) is 7.81. The Morgan fingerprint density at radius 2 is 1.96 bits per heavy atom. The van der Waals surface area contributed by atoms with Gasteiger partial charge >= 0.3 is 0 Å². The third-order valence-electron chi connectivity index (χ3n) is 5.41. The number of hydrogen-bond donors (Lipinski definition) is 1. The zero-order valence-corrected chi connectivity index (χ0v) is 15.5. The second-order valence-corrected chi connectivity index (χ2v) is 6.86. The molecule has 1 aliphatic carbocycles. The Bertz CT molecular complexity index is 592. The van der Waals surface area contributed by atoms with Crippen molar-refractivity contribution in [2.24, 2.45) is 18.9 Å². The molecule has 134 valence electrons. The van der Waals surface area contributed by atoms with Gasteiger partial charge in [0.1, 0.15) is 5.69 Å². The zero-order chi connectivity index (χ0) is 17.9. The fraction of sp³-hybridized carbons (Fsp3) is 0.722. The number of nitrogens with one attached hydrogen (secondary N) is 1. The molecule has 1 aliphatic rings. The number of nitrogens with zero attached hydrogens (tertiary/aromatic N) is 3. The predicted molar refractivity (Wildman–Crippen MR) is 93.9 cm³/mol. The highest BCUT2D eigenvalue weighted by Crippen LogP contribution is 2.29. The van der Waals surface area contributed by atoms with Crippen molar-refractivity contribution in [3.63, 3.8) is 0 Å².